The van der Waals surface area contributed by atoms with Crippen molar-refractivity contribution in [1.29, 1.82) is 0 Å². The van der Waals surface area contributed by atoms with Crippen molar-refractivity contribution in [3.8, 4) is 0 Å². The van der Waals surface area contributed by atoms with Crippen molar-refractivity contribution >= 4 is 5.91 Å². The fourth-order valence-corrected chi connectivity index (χ4v) is 1.89. The summed E-state index contributed by atoms with van der Waals surface area (Å²) in [5.41, 5.74) is 1.01. The molecule has 0 aromatic carbocycles. The normalized spacial score (nSPS) is 20.6. The van der Waals surface area contributed by atoms with Crippen LogP contribution in [0.3, 0.4) is 0 Å². The summed E-state index contributed by atoms with van der Waals surface area (Å²) in [5.74, 6) is 0.488. The third kappa shape index (κ3) is 6.60. The second kappa shape index (κ2) is 8.92. The average molecular weight is 251 g/mol. The van der Waals surface area contributed by atoms with Crippen LogP contribution in [0.25, 0.3) is 0 Å². The van der Waals surface area contributed by atoms with Crippen LogP contribution in [0, 0.1) is 5.92 Å². The van der Waals surface area contributed by atoms with Crippen molar-refractivity contribution in [2.24, 2.45) is 5.92 Å². The summed E-state index contributed by atoms with van der Waals surface area (Å²) >= 11 is 0. The Morgan fingerprint density at radius 2 is 2.33 bits per heavy atom. The van der Waals surface area contributed by atoms with Crippen LogP contribution < -0.4 is 5.32 Å². The smallest absolute Gasteiger partial charge is 0.244 e. The number of hydrogen-bond acceptors (Lipinski definition) is 2. The molecule has 1 unspecified atom stereocenters. The highest BCUT2D eigenvalue weighted by Crippen LogP contribution is 2.10. The van der Waals surface area contributed by atoms with E-state index in [1.54, 1.807) is 6.08 Å². The number of carbonyl (C=O) groups is 1. The molecule has 1 saturated heterocycles. The third-order valence-electron chi connectivity index (χ3n) is 3.05. The van der Waals surface area contributed by atoms with Crippen molar-refractivity contribution in [2.45, 2.75) is 39.5 Å². The van der Waals surface area contributed by atoms with Crippen LogP contribution >= 0.6 is 0 Å². The first kappa shape index (κ1) is 15.0. The van der Waals surface area contributed by atoms with Crippen LogP contribution in [0.15, 0.2) is 23.8 Å². The number of allylic oxidation sites excluding steroid dienone is 3. The fraction of sp³-hybridized carbons (Fsp3) is 0.667. The van der Waals surface area contributed by atoms with Gasteiger partial charge in [0.15, 0.2) is 0 Å². The first-order valence-corrected chi connectivity index (χ1v) is 6.92. The topological polar surface area (TPSA) is 38.3 Å². The van der Waals surface area contributed by atoms with Crippen molar-refractivity contribution in [2.75, 3.05) is 19.8 Å². The SMILES string of the molecule is CCCCC=CC(C)=CC(=O)NCC1CCOC1. The van der Waals surface area contributed by atoms with Gasteiger partial charge in [0.1, 0.15) is 0 Å². The van der Waals surface area contributed by atoms with Crippen LogP contribution in [-0.2, 0) is 9.53 Å². The number of carbonyl (C=O) groups excluding carboxylic acids is 1. The van der Waals surface area contributed by atoms with Crippen molar-refractivity contribution in [3.05, 3.63) is 23.8 Å². The zero-order valence-electron chi connectivity index (χ0n) is 11.6. The summed E-state index contributed by atoms with van der Waals surface area (Å²) in [6.07, 6.45) is 10.4. The Labute approximate surface area is 110 Å². The van der Waals surface area contributed by atoms with E-state index in [1.165, 1.54) is 12.8 Å². The predicted molar refractivity (Wildman–Crippen MR) is 74.4 cm³/mol. The van der Waals surface area contributed by atoms with Crippen LogP contribution in [0.5, 0.6) is 0 Å². The molecule has 1 amide bonds. The molecule has 1 fully saturated rings. The quantitative estimate of drug-likeness (QED) is 0.429. The highest BCUT2D eigenvalue weighted by atomic mass is 16.5. The van der Waals surface area contributed by atoms with E-state index in [4.69, 9.17) is 4.74 Å². The lowest BCUT2D eigenvalue weighted by atomic mass is 10.1. The standard InChI is InChI=1S/C15H25NO2/c1-3-4-5-6-7-13(2)10-15(17)16-11-14-8-9-18-12-14/h6-7,10,14H,3-5,8-9,11-12H2,1-2H3,(H,16,17). The fourth-order valence-electron chi connectivity index (χ4n) is 1.89. The molecule has 1 rings (SSSR count). The van der Waals surface area contributed by atoms with Gasteiger partial charge in [-0.3, -0.25) is 4.79 Å². The lowest BCUT2D eigenvalue weighted by Gasteiger charge is -2.07. The number of hydrogen-bond donors (Lipinski definition) is 1. The molecule has 0 aromatic heterocycles. The lowest BCUT2D eigenvalue weighted by molar-refractivity contribution is -0.116. The van der Waals surface area contributed by atoms with Gasteiger partial charge in [-0.05, 0) is 25.3 Å². The second-order valence-electron chi connectivity index (χ2n) is 4.91. The number of rotatable bonds is 7. The summed E-state index contributed by atoms with van der Waals surface area (Å²) in [4.78, 5) is 11.6. The number of unbranched alkanes of at least 4 members (excludes halogenated alkanes) is 2. The van der Waals surface area contributed by atoms with E-state index < -0.39 is 0 Å². The maximum atomic E-state index is 11.6. The Kier molecular flexibility index (Phi) is 7.42. The first-order chi connectivity index (χ1) is 8.72. The number of ether oxygens (including phenoxy) is 1. The Bertz CT molecular complexity index is 302. The minimum Gasteiger partial charge on any atom is -0.381 e. The first-order valence-electron chi connectivity index (χ1n) is 6.92. The molecule has 0 spiro atoms. The molecule has 102 valence electrons. The largest absolute Gasteiger partial charge is 0.381 e. The molecule has 1 heterocycles. The Hall–Kier alpha value is -1.09. The second-order valence-corrected chi connectivity index (χ2v) is 4.91. The molecule has 0 radical (unpaired) electrons. The predicted octanol–water partition coefficient (Wildman–Crippen LogP) is 2.83. The molecule has 0 aromatic rings. The van der Waals surface area contributed by atoms with Gasteiger partial charge in [-0.1, -0.05) is 31.9 Å². The van der Waals surface area contributed by atoms with E-state index in [-0.39, 0.29) is 5.91 Å². The van der Waals surface area contributed by atoms with Crippen molar-refractivity contribution in [3.63, 3.8) is 0 Å². The number of nitrogens with one attached hydrogen (secondary N) is 1. The molecule has 0 bridgehead atoms. The molecule has 1 N–H and O–H groups in total. The van der Waals surface area contributed by atoms with Crippen LogP contribution in [0.1, 0.15) is 39.5 Å². The van der Waals surface area contributed by atoms with E-state index in [0.29, 0.717) is 5.92 Å². The molecular formula is C15H25NO2. The van der Waals surface area contributed by atoms with Crippen molar-refractivity contribution < 1.29 is 9.53 Å². The molecule has 0 saturated carbocycles. The Morgan fingerprint density at radius 3 is 3.00 bits per heavy atom. The van der Waals surface area contributed by atoms with Crippen LogP contribution in [0.4, 0.5) is 0 Å². The number of amides is 1. The van der Waals surface area contributed by atoms with Crippen molar-refractivity contribution in [1.82, 2.24) is 5.32 Å². The van der Waals surface area contributed by atoms with Crippen LogP contribution in [0.2, 0.25) is 0 Å². The zero-order valence-corrected chi connectivity index (χ0v) is 11.6. The van der Waals surface area contributed by atoms with E-state index >= 15 is 0 Å². The molecule has 3 nitrogen and oxygen atoms in total. The molecular weight excluding hydrogens is 226 g/mol. The summed E-state index contributed by atoms with van der Waals surface area (Å²) in [7, 11) is 0. The van der Waals surface area contributed by atoms with Gasteiger partial charge in [-0.2, -0.15) is 0 Å². The van der Waals surface area contributed by atoms with E-state index in [0.717, 1.165) is 38.2 Å². The van der Waals surface area contributed by atoms with Gasteiger partial charge < -0.3 is 10.1 Å². The average Bonchev–Trinajstić information content (AvgIpc) is 2.85. The minimum absolute atomic E-state index is 0.000425. The summed E-state index contributed by atoms with van der Waals surface area (Å²) in [6.45, 7) is 6.47. The molecule has 1 aliphatic heterocycles. The van der Waals surface area contributed by atoms with Gasteiger partial charge in [0, 0.05) is 25.1 Å². The molecule has 0 aliphatic carbocycles. The molecule has 3 heteroatoms. The van der Waals surface area contributed by atoms with Gasteiger partial charge in [0.25, 0.3) is 0 Å². The molecule has 1 aliphatic rings. The highest BCUT2D eigenvalue weighted by molar-refractivity contribution is 5.88. The monoisotopic (exact) mass is 251 g/mol. The Morgan fingerprint density at radius 1 is 1.50 bits per heavy atom. The van der Waals surface area contributed by atoms with Gasteiger partial charge >= 0.3 is 0 Å². The van der Waals surface area contributed by atoms with Gasteiger partial charge in [0.05, 0.1) is 6.61 Å². The van der Waals surface area contributed by atoms with Crippen LogP contribution in [-0.4, -0.2) is 25.7 Å². The molecule has 1 atom stereocenters. The summed E-state index contributed by atoms with van der Waals surface area (Å²) in [5, 5.41) is 2.93. The highest BCUT2D eigenvalue weighted by Gasteiger charge is 2.15. The summed E-state index contributed by atoms with van der Waals surface area (Å²) in [6, 6.07) is 0. The minimum atomic E-state index is -0.000425. The van der Waals surface area contributed by atoms with Gasteiger partial charge in [0.2, 0.25) is 5.91 Å². The van der Waals surface area contributed by atoms with E-state index in [9.17, 15) is 4.79 Å². The van der Waals surface area contributed by atoms with E-state index in [2.05, 4.69) is 18.3 Å². The van der Waals surface area contributed by atoms with Gasteiger partial charge in [-0.15, -0.1) is 0 Å². The maximum Gasteiger partial charge on any atom is 0.244 e. The van der Waals surface area contributed by atoms with E-state index in [1.807, 2.05) is 13.0 Å². The third-order valence-corrected chi connectivity index (χ3v) is 3.05. The lowest BCUT2D eigenvalue weighted by Crippen LogP contribution is -2.28. The molecule has 18 heavy (non-hydrogen) atoms. The van der Waals surface area contributed by atoms with Gasteiger partial charge in [-0.25, -0.2) is 0 Å². The zero-order chi connectivity index (χ0) is 13.2. The maximum absolute atomic E-state index is 11.6. The summed E-state index contributed by atoms with van der Waals surface area (Å²) < 4.78 is 5.27. The Balaban J connectivity index is 2.21.